The second kappa shape index (κ2) is 3.70. The Hall–Kier alpha value is -0.890. The number of rotatable bonds is 1. The van der Waals surface area contributed by atoms with Gasteiger partial charge in [0, 0.05) is 5.39 Å². The highest BCUT2D eigenvalue weighted by molar-refractivity contribution is 9.10. The molecule has 2 heteroatoms. The summed E-state index contributed by atoms with van der Waals surface area (Å²) in [6.07, 6.45) is 0. The highest BCUT2D eigenvalue weighted by Gasteiger charge is 2.05. The molecule has 1 heterocycles. The first-order valence-electron chi connectivity index (χ1n) is 4.73. The van der Waals surface area contributed by atoms with E-state index in [0.29, 0.717) is 5.92 Å². The molecule has 2 rings (SSSR count). The third-order valence-electron chi connectivity index (χ3n) is 2.34. The summed E-state index contributed by atoms with van der Waals surface area (Å²) in [6, 6.07) is 10.4. The van der Waals surface area contributed by atoms with Crippen LogP contribution in [0, 0.1) is 0 Å². The van der Waals surface area contributed by atoms with Crippen LogP contribution < -0.4 is 0 Å². The van der Waals surface area contributed by atoms with E-state index in [1.165, 1.54) is 10.9 Å². The Morgan fingerprint density at radius 2 is 1.93 bits per heavy atom. The number of pyridine rings is 1. The molecule has 0 atom stereocenters. The fourth-order valence-corrected chi connectivity index (χ4v) is 1.92. The van der Waals surface area contributed by atoms with Gasteiger partial charge in [-0.1, -0.05) is 38.1 Å². The van der Waals surface area contributed by atoms with Gasteiger partial charge in [-0.2, -0.15) is 0 Å². The number of fused-ring (bicyclic) bond motifs is 1. The molecule has 1 aromatic carbocycles. The Morgan fingerprint density at radius 3 is 2.64 bits per heavy atom. The molecule has 0 saturated heterocycles. The lowest BCUT2D eigenvalue weighted by molar-refractivity contribution is 0.872. The minimum atomic E-state index is 0.514. The van der Waals surface area contributed by atoms with Gasteiger partial charge in [0.15, 0.2) is 0 Å². The lowest BCUT2D eigenvalue weighted by Crippen LogP contribution is -1.91. The van der Waals surface area contributed by atoms with Crippen molar-refractivity contribution in [2.75, 3.05) is 0 Å². The summed E-state index contributed by atoms with van der Waals surface area (Å²) in [4.78, 5) is 4.51. The molecule has 0 bridgehead atoms. The zero-order valence-electron chi connectivity index (χ0n) is 8.29. The Balaban J connectivity index is 2.77. The number of para-hydroxylation sites is 1. The number of aromatic nitrogens is 1. The Labute approximate surface area is 92.3 Å². The smallest absolute Gasteiger partial charge is 0.106 e. The molecule has 2 aromatic rings. The SMILES string of the molecule is CC(C)c1cccc2ccc(Br)nc12. The van der Waals surface area contributed by atoms with Crippen LogP contribution in [0.25, 0.3) is 10.9 Å². The monoisotopic (exact) mass is 249 g/mol. The van der Waals surface area contributed by atoms with Crippen LogP contribution in [0.4, 0.5) is 0 Å². The van der Waals surface area contributed by atoms with E-state index >= 15 is 0 Å². The third kappa shape index (κ3) is 1.67. The van der Waals surface area contributed by atoms with Gasteiger partial charge in [-0.25, -0.2) is 4.98 Å². The molecule has 0 saturated carbocycles. The molecule has 0 unspecified atom stereocenters. The van der Waals surface area contributed by atoms with Crippen LogP contribution in [0.15, 0.2) is 34.9 Å². The van der Waals surface area contributed by atoms with Crippen molar-refractivity contribution in [1.29, 1.82) is 0 Å². The van der Waals surface area contributed by atoms with Crippen LogP contribution in [-0.4, -0.2) is 4.98 Å². The van der Waals surface area contributed by atoms with Gasteiger partial charge in [0.25, 0.3) is 0 Å². The molecule has 72 valence electrons. The van der Waals surface area contributed by atoms with E-state index in [1.807, 2.05) is 6.07 Å². The van der Waals surface area contributed by atoms with Crippen molar-refractivity contribution >= 4 is 26.8 Å². The molecule has 0 spiro atoms. The lowest BCUT2D eigenvalue weighted by atomic mass is 10.00. The van der Waals surface area contributed by atoms with E-state index in [2.05, 4.69) is 59.0 Å². The zero-order chi connectivity index (χ0) is 10.1. The Morgan fingerprint density at radius 1 is 1.14 bits per heavy atom. The quantitative estimate of drug-likeness (QED) is 0.693. The Bertz CT molecular complexity index is 463. The molecular weight excluding hydrogens is 238 g/mol. The van der Waals surface area contributed by atoms with E-state index in [1.54, 1.807) is 0 Å². The van der Waals surface area contributed by atoms with E-state index in [9.17, 15) is 0 Å². The molecule has 0 amide bonds. The third-order valence-corrected chi connectivity index (χ3v) is 2.78. The van der Waals surface area contributed by atoms with E-state index in [0.717, 1.165) is 10.1 Å². The average molecular weight is 250 g/mol. The summed E-state index contributed by atoms with van der Waals surface area (Å²) >= 11 is 3.40. The molecular formula is C12H12BrN. The summed E-state index contributed by atoms with van der Waals surface area (Å²) in [5, 5.41) is 1.21. The molecule has 0 aliphatic heterocycles. The second-order valence-electron chi connectivity index (χ2n) is 3.71. The molecule has 0 N–H and O–H groups in total. The van der Waals surface area contributed by atoms with Crippen molar-refractivity contribution in [3.63, 3.8) is 0 Å². The fraction of sp³-hybridized carbons (Fsp3) is 0.250. The first kappa shape index (κ1) is 9.66. The van der Waals surface area contributed by atoms with E-state index < -0.39 is 0 Å². The number of benzene rings is 1. The van der Waals surface area contributed by atoms with Crippen molar-refractivity contribution in [2.24, 2.45) is 0 Å². The summed E-state index contributed by atoms with van der Waals surface area (Å²) in [7, 11) is 0. The summed E-state index contributed by atoms with van der Waals surface area (Å²) < 4.78 is 0.901. The minimum Gasteiger partial charge on any atom is -0.241 e. The number of nitrogens with zero attached hydrogens (tertiary/aromatic N) is 1. The van der Waals surface area contributed by atoms with Gasteiger partial charge in [-0.05, 0) is 33.5 Å². The maximum Gasteiger partial charge on any atom is 0.106 e. The first-order chi connectivity index (χ1) is 6.68. The van der Waals surface area contributed by atoms with Crippen LogP contribution in [0.5, 0.6) is 0 Å². The van der Waals surface area contributed by atoms with E-state index in [-0.39, 0.29) is 0 Å². The number of halogens is 1. The topological polar surface area (TPSA) is 12.9 Å². The van der Waals surface area contributed by atoms with Crippen molar-refractivity contribution in [3.05, 3.63) is 40.5 Å². The molecule has 0 fully saturated rings. The van der Waals surface area contributed by atoms with Crippen molar-refractivity contribution in [1.82, 2.24) is 4.98 Å². The summed E-state index contributed by atoms with van der Waals surface area (Å²) in [6.45, 7) is 4.38. The highest BCUT2D eigenvalue weighted by Crippen LogP contribution is 2.24. The van der Waals surface area contributed by atoms with Gasteiger partial charge in [0.2, 0.25) is 0 Å². The highest BCUT2D eigenvalue weighted by atomic mass is 79.9. The zero-order valence-corrected chi connectivity index (χ0v) is 9.88. The second-order valence-corrected chi connectivity index (χ2v) is 4.52. The first-order valence-corrected chi connectivity index (χ1v) is 5.53. The maximum atomic E-state index is 4.51. The molecule has 1 nitrogen and oxygen atoms in total. The summed E-state index contributed by atoms with van der Waals surface area (Å²) in [5.74, 6) is 0.514. The minimum absolute atomic E-state index is 0.514. The molecule has 0 aliphatic rings. The largest absolute Gasteiger partial charge is 0.241 e. The van der Waals surface area contributed by atoms with Crippen LogP contribution in [-0.2, 0) is 0 Å². The standard InChI is InChI=1S/C12H12BrN/c1-8(2)10-5-3-4-9-6-7-11(13)14-12(9)10/h3-8H,1-2H3. The van der Waals surface area contributed by atoms with Crippen molar-refractivity contribution < 1.29 is 0 Å². The maximum absolute atomic E-state index is 4.51. The van der Waals surface area contributed by atoms with Gasteiger partial charge in [0.1, 0.15) is 4.60 Å². The fourth-order valence-electron chi connectivity index (χ4n) is 1.61. The van der Waals surface area contributed by atoms with Crippen LogP contribution in [0.1, 0.15) is 25.3 Å². The molecule has 14 heavy (non-hydrogen) atoms. The van der Waals surface area contributed by atoms with Gasteiger partial charge in [0.05, 0.1) is 5.52 Å². The normalized spacial score (nSPS) is 11.1. The van der Waals surface area contributed by atoms with Crippen LogP contribution in [0.2, 0.25) is 0 Å². The predicted octanol–water partition coefficient (Wildman–Crippen LogP) is 4.12. The number of hydrogen-bond donors (Lipinski definition) is 0. The molecule has 0 aliphatic carbocycles. The van der Waals surface area contributed by atoms with Crippen molar-refractivity contribution in [3.8, 4) is 0 Å². The van der Waals surface area contributed by atoms with Gasteiger partial charge in [-0.3, -0.25) is 0 Å². The van der Waals surface area contributed by atoms with Crippen molar-refractivity contribution in [2.45, 2.75) is 19.8 Å². The van der Waals surface area contributed by atoms with Gasteiger partial charge >= 0.3 is 0 Å². The van der Waals surface area contributed by atoms with Crippen LogP contribution >= 0.6 is 15.9 Å². The number of hydrogen-bond acceptors (Lipinski definition) is 1. The lowest BCUT2D eigenvalue weighted by Gasteiger charge is -2.08. The van der Waals surface area contributed by atoms with Gasteiger partial charge in [-0.15, -0.1) is 0 Å². The van der Waals surface area contributed by atoms with E-state index in [4.69, 9.17) is 0 Å². The molecule has 1 aromatic heterocycles. The Kier molecular flexibility index (Phi) is 2.55. The molecule has 0 radical (unpaired) electrons. The average Bonchev–Trinajstić information content (AvgIpc) is 2.16. The van der Waals surface area contributed by atoms with Crippen LogP contribution in [0.3, 0.4) is 0 Å². The predicted molar refractivity (Wildman–Crippen MR) is 63.5 cm³/mol. The summed E-state index contributed by atoms with van der Waals surface area (Å²) in [5.41, 5.74) is 2.42. The van der Waals surface area contributed by atoms with Gasteiger partial charge < -0.3 is 0 Å².